The Morgan fingerprint density at radius 1 is 1.15 bits per heavy atom. The van der Waals surface area contributed by atoms with Crippen molar-refractivity contribution in [2.24, 2.45) is 11.8 Å². The molecule has 2 N–H and O–H groups in total. The van der Waals surface area contributed by atoms with Gasteiger partial charge in [-0.25, -0.2) is 13.1 Å². The van der Waals surface area contributed by atoms with Gasteiger partial charge in [-0.3, -0.25) is 4.79 Å². The van der Waals surface area contributed by atoms with Gasteiger partial charge in [-0.15, -0.1) is 0 Å². The molecule has 5 nitrogen and oxygen atoms in total. The molecule has 146 valence electrons. The Morgan fingerprint density at radius 2 is 1.77 bits per heavy atom. The number of alkyl halides is 3. The molecule has 0 saturated heterocycles. The standard InChI is InChI=1S/C17H23F3N2O3S/c1-11-4-3-5-15(12(11)2)22-26(24,25)14-8-6-13(7-9-14)16(23)21-10-17(18,19)20/h6-9,11-12,15,22H,3-5,10H2,1-2H3,(H,21,23)/t11-,12+,15+/m0/s1. The van der Waals surface area contributed by atoms with Crippen LogP contribution in [0, 0.1) is 11.8 Å². The Balaban J connectivity index is 2.05. The quantitative estimate of drug-likeness (QED) is 0.809. The first-order valence-electron chi connectivity index (χ1n) is 8.47. The zero-order chi connectivity index (χ0) is 19.5. The number of carbonyl (C=O) groups excluding carboxylic acids is 1. The van der Waals surface area contributed by atoms with Crippen LogP contribution in [0.4, 0.5) is 13.2 Å². The summed E-state index contributed by atoms with van der Waals surface area (Å²) in [5.74, 6) is -0.268. The maximum atomic E-state index is 12.5. The van der Waals surface area contributed by atoms with E-state index in [-0.39, 0.29) is 22.4 Å². The van der Waals surface area contributed by atoms with E-state index in [2.05, 4.69) is 11.6 Å². The second kappa shape index (κ2) is 7.96. The molecule has 1 aliphatic rings. The highest BCUT2D eigenvalue weighted by Crippen LogP contribution is 2.30. The zero-order valence-electron chi connectivity index (χ0n) is 14.6. The van der Waals surface area contributed by atoms with Crippen LogP contribution >= 0.6 is 0 Å². The van der Waals surface area contributed by atoms with Crippen LogP contribution in [0.15, 0.2) is 29.2 Å². The van der Waals surface area contributed by atoms with Gasteiger partial charge < -0.3 is 5.32 Å². The van der Waals surface area contributed by atoms with Crippen LogP contribution in [0.2, 0.25) is 0 Å². The van der Waals surface area contributed by atoms with Crippen molar-refractivity contribution in [1.29, 1.82) is 0 Å². The van der Waals surface area contributed by atoms with Gasteiger partial charge >= 0.3 is 6.18 Å². The predicted molar refractivity (Wildman–Crippen MR) is 91.1 cm³/mol. The van der Waals surface area contributed by atoms with E-state index in [0.717, 1.165) is 19.3 Å². The number of sulfonamides is 1. The molecule has 0 unspecified atom stereocenters. The number of halogens is 3. The lowest BCUT2D eigenvalue weighted by atomic mass is 9.78. The van der Waals surface area contributed by atoms with Gasteiger partial charge in [-0.1, -0.05) is 26.7 Å². The summed E-state index contributed by atoms with van der Waals surface area (Å²) in [5.41, 5.74) is -0.0344. The summed E-state index contributed by atoms with van der Waals surface area (Å²) >= 11 is 0. The smallest absolute Gasteiger partial charge is 0.343 e. The van der Waals surface area contributed by atoms with E-state index in [4.69, 9.17) is 0 Å². The van der Waals surface area contributed by atoms with Crippen molar-refractivity contribution in [2.75, 3.05) is 6.54 Å². The van der Waals surface area contributed by atoms with Crippen molar-refractivity contribution >= 4 is 15.9 Å². The maximum absolute atomic E-state index is 12.5. The second-order valence-electron chi connectivity index (χ2n) is 6.82. The van der Waals surface area contributed by atoms with Gasteiger partial charge in [0.1, 0.15) is 6.54 Å². The molecule has 0 bridgehead atoms. The van der Waals surface area contributed by atoms with E-state index in [9.17, 15) is 26.4 Å². The third-order valence-corrected chi connectivity index (χ3v) is 6.40. The van der Waals surface area contributed by atoms with Gasteiger partial charge in [0.15, 0.2) is 0 Å². The SMILES string of the molecule is C[C@@H]1[C@@H](C)CCC[C@H]1NS(=O)(=O)c1ccc(C(=O)NCC(F)(F)F)cc1. The molecule has 26 heavy (non-hydrogen) atoms. The minimum atomic E-state index is -4.50. The van der Waals surface area contributed by atoms with Gasteiger partial charge in [0.2, 0.25) is 10.0 Å². The van der Waals surface area contributed by atoms with E-state index >= 15 is 0 Å². The number of rotatable bonds is 5. The van der Waals surface area contributed by atoms with Crippen LogP contribution in [-0.2, 0) is 10.0 Å². The lowest BCUT2D eigenvalue weighted by Gasteiger charge is -2.34. The van der Waals surface area contributed by atoms with Gasteiger partial charge in [-0.05, 0) is 42.5 Å². The van der Waals surface area contributed by atoms with E-state index in [0.29, 0.717) is 5.92 Å². The zero-order valence-corrected chi connectivity index (χ0v) is 15.5. The normalized spacial score (nSPS) is 24.3. The summed E-state index contributed by atoms with van der Waals surface area (Å²) in [7, 11) is -3.76. The fourth-order valence-corrected chi connectivity index (χ4v) is 4.45. The van der Waals surface area contributed by atoms with Crippen LogP contribution in [0.5, 0.6) is 0 Å². The fourth-order valence-electron chi connectivity index (χ4n) is 3.08. The summed E-state index contributed by atoms with van der Waals surface area (Å²) in [6.45, 7) is 2.68. The summed E-state index contributed by atoms with van der Waals surface area (Å²) < 4.78 is 64.2. The molecule has 1 aromatic rings. The largest absolute Gasteiger partial charge is 0.405 e. The third-order valence-electron chi connectivity index (χ3n) is 4.89. The Bertz CT molecular complexity index is 733. The maximum Gasteiger partial charge on any atom is 0.405 e. The van der Waals surface area contributed by atoms with Gasteiger partial charge in [0, 0.05) is 11.6 Å². The van der Waals surface area contributed by atoms with E-state index in [1.807, 2.05) is 6.92 Å². The summed E-state index contributed by atoms with van der Waals surface area (Å²) in [6.07, 6.45) is -1.71. The lowest BCUT2D eigenvalue weighted by molar-refractivity contribution is -0.123. The molecule has 1 aliphatic carbocycles. The van der Waals surface area contributed by atoms with Crippen molar-refractivity contribution in [1.82, 2.24) is 10.0 Å². The number of hydrogen-bond acceptors (Lipinski definition) is 3. The number of amides is 1. The lowest BCUT2D eigenvalue weighted by Crippen LogP contribution is -2.43. The van der Waals surface area contributed by atoms with Crippen LogP contribution in [-0.4, -0.2) is 33.1 Å². The first-order chi connectivity index (χ1) is 12.0. The van der Waals surface area contributed by atoms with Gasteiger partial charge in [0.05, 0.1) is 4.90 Å². The molecule has 0 aromatic heterocycles. The number of hydrogen-bond donors (Lipinski definition) is 2. The van der Waals surface area contributed by atoms with E-state index in [1.165, 1.54) is 24.3 Å². The van der Waals surface area contributed by atoms with Gasteiger partial charge in [0.25, 0.3) is 5.91 Å². The molecule has 0 heterocycles. The van der Waals surface area contributed by atoms with Crippen LogP contribution in [0.3, 0.4) is 0 Å². The average Bonchev–Trinajstić information content (AvgIpc) is 2.56. The van der Waals surface area contributed by atoms with Gasteiger partial charge in [-0.2, -0.15) is 13.2 Å². The van der Waals surface area contributed by atoms with Crippen LogP contribution < -0.4 is 10.0 Å². The highest BCUT2D eigenvalue weighted by molar-refractivity contribution is 7.89. The molecule has 0 radical (unpaired) electrons. The Labute approximate surface area is 151 Å². The number of nitrogens with one attached hydrogen (secondary N) is 2. The molecular formula is C17H23F3N2O3S. The highest BCUT2D eigenvalue weighted by atomic mass is 32.2. The highest BCUT2D eigenvalue weighted by Gasteiger charge is 2.31. The number of carbonyl (C=O) groups is 1. The Hall–Kier alpha value is -1.61. The first kappa shape index (κ1) is 20.7. The Morgan fingerprint density at radius 3 is 2.35 bits per heavy atom. The van der Waals surface area contributed by atoms with Crippen molar-refractivity contribution in [3.63, 3.8) is 0 Å². The topological polar surface area (TPSA) is 75.3 Å². The van der Waals surface area contributed by atoms with Crippen LogP contribution in [0.25, 0.3) is 0 Å². The summed E-state index contributed by atoms with van der Waals surface area (Å²) in [4.78, 5) is 11.7. The molecule has 0 aliphatic heterocycles. The molecule has 9 heteroatoms. The van der Waals surface area contributed by atoms with Crippen LogP contribution in [0.1, 0.15) is 43.5 Å². The summed E-state index contributed by atoms with van der Waals surface area (Å²) in [6, 6.07) is 4.70. The second-order valence-corrected chi connectivity index (χ2v) is 8.53. The Kier molecular flexibility index (Phi) is 6.33. The van der Waals surface area contributed by atoms with E-state index < -0.39 is 28.7 Å². The van der Waals surface area contributed by atoms with Crippen molar-refractivity contribution in [2.45, 2.75) is 50.2 Å². The third kappa shape index (κ3) is 5.44. The minimum absolute atomic E-state index is 0.0182. The molecule has 0 spiro atoms. The average molecular weight is 392 g/mol. The molecule has 1 saturated carbocycles. The van der Waals surface area contributed by atoms with Crippen molar-refractivity contribution in [3.8, 4) is 0 Å². The molecule has 2 rings (SSSR count). The molecule has 1 amide bonds. The number of benzene rings is 1. The predicted octanol–water partition coefficient (Wildman–Crippen LogP) is 3.08. The van der Waals surface area contributed by atoms with Crippen molar-refractivity contribution in [3.05, 3.63) is 29.8 Å². The monoisotopic (exact) mass is 392 g/mol. The first-order valence-corrected chi connectivity index (χ1v) is 9.95. The van der Waals surface area contributed by atoms with E-state index in [1.54, 1.807) is 5.32 Å². The minimum Gasteiger partial charge on any atom is -0.343 e. The molecule has 1 fully saturated rings. The molecular weight excluding hydrogens is 369 g/mol. The molecule has 1 aromatic carbocycles. The van der Waals surface area contributed by atoms with Crippen molar-refractivity contribution < 1.29 is 26.4 Å². The molecule has 3 atom stereocenters. The summed E-state index contributed by atoms with van der Waals surface area (Å²) in [5, 5.41) is 1.74. The fraction of sp³-hybridized carbons (Fsp3) is 0.588.